The Kier molecular flexibility index (Phi) is 11.3. The number of aliphatic hydroxyl groups is 1. The number of esters is 1. The molecule has 0 spiro atoms. The molecule has 1 aliphatic carbocycles. The Balaban J connectivity index is 1.56. The lowest BCUT2D eigenvalue weighted by Crippen LogP contribution is -2.44. The first-order valence-electron chi connectivity index (χ1n) is 19.1. The third-order valence-corrected chi connectivity index (χ3v) is 11.4. The van der Waals surface area contributed by atoms with Crippen LogP contribution in [0.25, 0.3) is 27.9 Å². The smallest absolute Gasteiger partial charge is 0.312 e. The van der Waals surface area contributed by atoms with Crippen LogP contribution in [0.3, 0.4) is 0 Å². The van der Waals surface area contributed by atoms with Crippen LogP contribution in [0.4, 0.5) is 5.69 Å². The Morgan fingerprint density at radius 1 is 1.07 bits per heavy atom. The molecule has 1 amide bonds. The molecule has 2 aliphatic heterocycles. The lowest BCUT2D eigenvalue weighted by Gasteiger charge is -2.36. The van der Waals surface area contributed by atoms with Gasteiger partial charge in [0, 0.05) is 55.0 Å². The van der Waals surface area contributed by atoms with Gasteiger partial charge < -0.3 is 39.5 Å². The van der Waals surface area contributed by atoms with Crippen molar-refractivity contribution in [2.75, 3.05) is 12.4 Å². The number of carbonyl (C=O) groups excluding carboxylic acids is 3. The van der Waals surface area contributed by atoms with Crippen molar-refractivity contribution in [1.82, 2.24) is 9.97 Å². The normalized spacial score (nSPS) is 30.6. The predicted octanol–water partition coefficient (Wildman–Crippen LogP) is 6.57. The van der Waals surface area contributed by atoms with Crippen LogP contribution in [0.1, 0.15) is 88.6 Å². The van der Waals surface area contributed by atoms with Crippen LogP contribution in [-0.2, 0) is 30.2 Å². The molecule has 1 aromatic heterocycles. The van der Waals surface area contributed by atoms with Gasteiger partial charge in [-0.25, -0.2) is 4.98 Å². The minimum Gasteiger partial charge on any atom is -0.505 e. The molecule has 3 aromatic rings. The maximum atomic E-state index is 14.5. The molecule has 0 saturated heterocycles. The first kappa shape index (κ1) is 40.4. The van der Waals surface area contributed by atoms with E-state index in [0.29, 0.717) is 24.1 Å². The Morgan fingerprint density at radius 3 is 2.50 bits per heavy atom. The average Bonchev–Trinajstić information content (AvgIpc) is 3.42. The number of hydrogen-bond acceptors (Lipinski definition) is 11. The second-order valence-corrected chi connectivity index (χ2v) is 15.6. The number of fused-ring (bicyclic) bond motifs is 2. The van der Waals surface area contributed by atoms with E-state index in [9.17, 15) is 29.4 Å². The zero-order chi connectivity index (χ0) is 40.8. The Bertz CT molecular complexity index is 2290. The predicted molar refractivity (Wildman–Crippen MR) is 212 cm³/mol. The van der Waals surface area contributed by atoms with Gasteiger partial charge in [0.25, 0.3) is 11.7 Å². The number of benzene rings is 2. The number of hydrogen-bond donors (Lipinski definition) is 4. The molecule has 4 N–H and O–H groups in total. The number of anilines is 1. The van der Waals surface area contributed by atoms with E-state index in [1.165, 1.54) is 34.1 Å². The lowest BCUT2D eigenvalue weighted by atomic mass is 9.79. The fraction of sp³-hybridized carbons (Fsp3) is 0.465. The maximum absolute atomic E-state index is 14.5. The van der Waals surface area contributed by atoms with Gasteiger partial charge in [-0.1, -0.05) is 52.0 Å². The zero-order valence-corrected chi connectivity index (χ0v) is 33.3. The van der Waals surface area contributed by atoms with Crippen LogP contribution >= 0.6 is 0 Å². The molecule has 0 saturated carbocycles. The standard InChI is InChI=1S/C43H51N3O10/c1-20-13-12-14-21(2)42(52)46-35-34-33(44-27-15-10-11-16-28(27)45-34)30-31(38(35)50)37(49)25(6)40-32(30)41(51)43(8,56-40)54-18-17-29(53-9)23(4)39(55-26(7)47)24(5)36(48)22(3)19-20/h10,12-15,17-18,20,22-24,29,36,39,45,48,50H,11,16,19H2,1-9H3,(H,46,52)/b13-12+,18-17+,21-14-/t20-,22?,23+,24?,29-,36+,39+,43-/m0/s1. The number of aromatic nitrogens is 2. The van der Waals surface area contributed by atoms with Crippen LogP contribution in [0, 0.1) is 30.6 Å². The van der Waals surface area contributed by atoms with E-state index in [0.717, 1.165) is 12.1 Å². The number of phenols is 1. The molecule has 8 atom stereocenters. The number of nitrogens with one attached hydrogen (secondary N) is 2. The third kappa shape index (κ3) is 7.25. The number of rotatable bonds is 2. The molecule has 0 fully saturated rings. The van der Waals surface area contributed by atoms with Crippen LogP contribution in [0.2, 0.25) is 0 Å². The van der Waals surface area contributed by atoms with Crippen molar-refractivity contribution in [2.45, 2.75) is 98.8 Å². The Morgan fingerprint density at radius 2 is 1.80 bits per heavy atom. The number of amides is 1. The first-order valence-corrected chi connectivity index (χ1v) is 19.1. The summed E-state index contributed by atoms with van der Waals surface area (Å²) in [4.78, 5) is 63.0. The summed E-state index contributed by atoms with van der Waals surface area (Å²) in [7, 11) is 1.49. The average molecular weight is 770 g/mol. The third-order valence-electron chi connectivity index (χ3n) is 11.4. The highest BCUT2D eigenvalue weighted by Crippen LogP contribution is 2.48. The summed E-state index contributed by atoms with van der Waals surface area (Å²) >= 11 is 0. The van der Waals surface area contributed by atoms with Crippen molar-refractivity contribution >= 4 is 51.2 Å². The SMILES string of the molecule is CO[C@H]1/C=C/O[C@@]2(C)Oc3c(C)c(=O)c4c(O)c(c5[nH]c6c(nc5c4c3C2=O)C=CCC6)NC(=O)/C(C)=C\C=C\[C@H](C)CC(C)[C@@H](O)C(C)[C@H](OC(C)=O)[C@@H]1C. The minimum atomic E-state index is -1.95. The highest BCUT2D eigenvalue weighted by atomic mass is 16.7. The van der Waals surface area contributed by atoms with Gasteiger partial charge in [0.05, 0.1) is 46.1 Å². The number of allylic oxidation sites excluding steroid dienone is 4. The van der Waals surface area contributed by atoms with Gasteiger partial charge in [0.2, 0.25) is 0 Å². The molecule has 6 rings (SSSR count). The van der Waals surface area contributed by atoms with E-state index in [1.807, 2.05) is 45.9 Å². The van der Waals surface area contributed by atoms with Gasteiger partial charge >= 0.3 is 11.8 Å². The second-order valence-electron chi connectivity index (χ2n) is 15.6. The molecule has 13 heteroatoms. The summed E-state index contributed by atoms with van der Waals surface area (Å²) in [5.41, 5.74) is 1.48. The highest BCUT2D eigenvalue weighted by molar-refractivity contribution is 6.26. The van der Waals surface area contributed by atoms with Crippen LogP contribution in [0.5, 0.6) is 11.5 Å². The van der Waals surface area contributed by atoms with Gasteiger partial charge in [-0.3, -0.25) is 19.2 Å². The number of ketones is 1. The molecule has 56 heavy (non-hydrogen) atoms. The molecule has 2 aromatic carbocycles. The number of aromatic hydroxyl groups is 1. The molecular weight excluding hydrogens is 718 g/mol. The van der Waals surface area contributed by atoms with Crippen molar-refractivity contribution in [3.8, 4) is 11.5 Å². The Labute approximate surface area is 325 Å². The Hall–Kier alpha value is -5.27. The van der Waals surface area contributed by atoms with E-state index in [1.54, 1.807) is 25.2 Å². The van der Waals surface area contributed by atoms with E-state index in [-0.39, 0.29) is 56.2 Å². The van der Waals surface area contributed by atoms with E-state index < -0.39 is 64.8 Å². The van der Waals surface area contributed by atoms with E-state index in [2.05, 4.69) is 10.3 Å². The molecule has 0 radical (unpaired) electrons. The molecule has 298 valence electrons. The number of methoxy groups -OCH3 is 1. The summed E-state index contributed by atoms with van der Waals surface area (Å²) in [5.74, 6) is -5.32. The summed E-state index contributed by atoms with van der Waals surface area (Å²) in [6.45, 7) is 13.5. The number of nitrogens with zero attached hydrogens (tertiary/aromatic N) is 1. The summed E-state index contributed by atoms with van der Waals surface area (Å²) in [5, 5.41) is 26.1. The number of phenolic OH excluding ortho intramolecular Hbond substituents is 1. The molecule has 4 bridgehead atoms. The van der Waals surface area contributed by atoms with Gasteiger partial charge in [0.1, 0.15) is 17.5 Å². The monoisotopic (exact) mass is 769 g/mol. The molecule has 2 unspecified atom stereocenters. The van der Waals surface area contributed by atoms with Crippen LogP contribution in [-0.4, -0.2) is 69.0 Å². The molecule has 3 aliphatic rings. The molecule has 3 heterocycles. The van der Waals surface area contributed by atoms with Crippen LogP contribution < -0.4 is 15.5 Å². The maximum Gasteiger partial charge on any atom is 0.312 e. The molecular formula is C43H51N3O10. The van der Waals surface area contributed by atoms with E-state index >= 15 is 0 Å². The van der Waals surface area contributed by atoms with Crippen molar-refractivity contribution in [1.29, 1.82) is 0 Å². The minimum absolute atomic E-state index is 0.000111. The number of Topliss-reactive ketones (excluding diaryl/α,β-unsaturated/α-hetero) is 1. The van der Waals surface area contributed by atoms with Gasteiger partial charge in [-0.05, 0) is 57.1 Å². The summed E-state index contributed by atoms with van der Waals surface area (Å²) in [6.07, 6.45) is 11.6. The van der Waals surface area contributed by atoms with E-state index in [4.69, 9.17) is 23.9 Å². The topological polar surface area (TPSA) is 186 Å². The van der Waals surface area contributed by atoms with Crippen LogP contribution in [0.15, 0.2) is 47.0 Å². The number of carbonyl (C=O) groups is 3. The van der Waals surface area contributed by atoms with Crippen molar-refractivity contribution in [3.05, 3.63) is 75.0 Å². The number of aromatic amines is 1. The van der Waals surface area contributed by atoms with Crippen molar-refractivity contribution in [2.24, 2.45) is 23.7 Å². The van der Waals surface area contributed by atoms with Crippen molar-refractivity contribution < 1.29 is 43.5 Å². The van der Waals surface area contributed by atoms with Gasteiger partial charge in [-0.2, -0.15) is 0 Å². The highest BCUT2D eigenvalue weighted by Gasteiger charge is 2.49. The second kappa shape index (κ2) is 15.7. The fourth-order valence-corrected chi connectivity index (χ4v) is 8.16. The quantitative estimate of drug-likeness (QED) is 0.126. The number of H-pyrrole nitrogens is 1. The van der Waals surface area contributed by atoms with Gasteiger partial charge in [0.15, 0.2) is 11.2 Å². The molecule has 13 nitrogen and oxygen atoms in total. The number of aryl methyl sites for hydroxylation is 1. The van der Waals surface area contributed by atoms with Gasteiger partial charge in [-0.15, -0.1) is 0 Å². The number of aliphatic hydroxyl groups excluding tert-OH is 1. The fourth-order valence-electron chi connectivity index (χ4n) is 8.16. The summed E-state index contributed by atoms with van der Waals surface area (Å²) < 4.78 is 23.9. The number of ether oxygens (including phenoxy) is 4. The largest absolute Gasteiger partial charge is 0.505 e. The lowest BCUT2D eigenvalue weighted by molar-refractivity contribution is -0.159. The summed E-state index contributed by atoms with van der Waals surface area (Å²) in [6, 6.07) is 0. The zero-order valence-electron chi connectivity index (χ0n) is 33.3. The van der Waals surface area contributed by atoms with Crippen molar-refractivity contribution in [3.63, 3.8) is 0 Å². The first-order chi connectivity index (χ1) is 26.5.